The van der Waals surface area contributed by atoms with Gasteiger partial charge in [-0.15, -0.1) is 24.0 Å². The van der Waals surface area contributed by atoms with Crippen molar-refractivity contribution in [3.8, 4) is 5.69 Å². The van der Waals surface area contributed by atoms with Crippen molar-refractivity contribution in [2.75, 3.05) is 13.1 Å². The molecular weight excluding hydrogens is 468 g/mol. The first-order valence-electron chi connectivity index (χ1n) is 9.11. The van der Waals surface area contributed by atoms with E-state index >= 15 is 0 Å². The molecule has 0 aliphatic heterocycles. The second-order valence-electron chi connectivity index (χ2n) is 6.08. The Morgan fingerprint density at radius 1 is 1.11 bits per heavy atom. The Bertz CT molecular complexity index is 880. The summed E-state index contributed by atoms with van der Waals surface area (Å²) >= 11 is 0. The minimum absolute atomic E-state index is 0. The average Bonchev–Trinajstić information content (AvgIpc) is 3.23. The molecule has 0 aliphatic carbocycles. The Kier molecular flexibility index (Phi) is 8.93. The van der Waals surface area contributed by atoms with Gasteiger partial charge in [-0.3, -0.25) is 0 Å². The molecule has 0 saturated heterocycles. The molecule has 0 amide bonds. The standard InChI is InChI=1S/C21H24FN5.HI/c1-2-23-21(24-13-11-18-8-3-4-10-20(18)22)25-16-17-7-5-9-19(15-17)27-14-6-12-26-27;/h3-10,12,14-15H,2,11,13,16H2,1H3,(H2,23,24,25);1H. The minimum Gasteiger partial charge on any atom is -0.357 e. The Morgan fingerprint density at radius 2 is 1.96 bits per heavy atom. The number of halogens is 2. The second kappa shape index (κ2) is 11.4. The molecule has 0 fully saturated rings. The number of aliphatic imine (C=N–C) groups is 1. The number of hydrogen-bond acceptors (Lipinski definition) is 2. The van der Waals surface area contributed by atoms with Gasteiger partial charge >= 0.3 is 0 Å². The van der Waals surface area contributed by atoms with Crippen molar-refractivity contribution in [2.24, 2.45) is 4.99 Å². The summed E-state index contributed by atoms with van der Waals surface area (Å²) in [5.74, 6) is 0.551. The zero-order valence-electron chi connectivity index (χ0n) is 15.8. The highest BCUT2D eigenvalue weighted by molar-refractivity contribution is 14.0. The first-order valence-corrected chi connectivity index (χ1v) is 9.11. The lowest BCUT2D eigenvalue weighted by atomic mass is 10.1. The normalized spacial score (nSPS) is 11.0. The van der Waals surface area contributed by atoms with Crippen molar-refractivity contribution in [1.29, 1.82) is 0 Å². The summed E-state index contributed by atoms with van der Waals surface area (Å²) in [7, 11) is 0. The van der Waals surface area contributed by atoms with E-state index in [2.05, 4.69) is 26.8 Å². The zero-order chi connectivity index (χ0) is 18.9. The summed E-state index contributed by atoms with van der Waals surface area (Å²) in [6, 6.07) is 16.9. The molecule has 0 saturated carbocycles. The molecule has 7 heteroatoms. The summed E-state index contributed by atoms with van der Waals surface area (Å²) in [5.41, 5.74) is 2.80. The van der Waals surface area contributed by atoms with Crippen LogP contribution in [0.5, 0.6) is 0 Å². The van der Waals surface area contributed by atoms with Crippen LogP contribution in [0.2, 0.25) is 0 Å². The van der Waals surface area contributed by atoms with E-state index < -0.39 is 0 Å². The first kappa shape index (κ1) is 21.9. The summed E-state index contributed by atoms with van der Waals surface area (Å²) in [5, 5.41) is 10.7. The Morgan fingerprint density at radius 3 is 2.71 bits per heavy atom. The fourth-order valence-electron chi connectivity index (χ4n) is 2.75. The van der Waals surface area contributed by atoms with Crippen LogP contribution in [0.1, 0.15) is 18.1 Å². The minimum atomic E-state index is -0.170. The van der Waals surface area contributed by atoms with E-state index in [9.17, 15) is 4.39 Å². The zero-order valence-corrected chi connectivity index (χ0v) is 18.1. The fraction of sp³-hybridized carbons (Fsp3) is 0.238. The second-order valence-corrected chi connectivity index (χ2v) is 6.08. The fourth-order valence-corrected chi connectivity index (χ4v) is 2.75. The van der Waals surface area contributed by atoms with E-state index in [1.807, 2.05) is 54.2 Å². The average molecular weight is 493 g/mol. The summed E-state index contributed by atoms with van der Waals surface area (Å²) < 4.78 is 15.5. The van der Waals surface area contributed by atoms with Crippen molar-refractivity contribution in [1.82, 2.24) is 20.4 Å². The number of rotatable bonds is 7. The number of guanidine groups is 1. The molecule has 5 nitrogen and oxygen atoms in total. The highest BCUT2D eigenvalue weighted by atomic mass is 127. The molecule has 0 spiro atoms. The van der Waals surface area contributed by atoms with Gasteiger partial charge in [0, 0.05) is 25.5 Å². The number of benzene rings is 2. The van der Waals surface area contributed by atoms with E-state index in [0.29, 0.717) is 25.1 Å². The van der Waals surface area contributed by atoms with E-state index in [0.717, 1.165) is 23.8 Å². The van der Waals surface area contributed by atoms with E-state index in [-0.39, 0.29) is 29.8 Å². The third kappa shape index (κ3) is 6.33. The van der Waals surface area contributed by atoms with Gasteiger partial charge in [-0.2, -0.15) is 5.10 Å². The maximum absolute atomic E-state index is 13.7. The number of nitrogens with one attached hydrogen (secondary N) is 2. The van der Waals surface area contributed by atoms with Crippen molar-refractivity contribution in [2.45, 2.75) is 19.9 Å². The van der Waals surface area contributed by atoms with Crippen LogP contribution < -0.4 is 10.6 Å². The van der Waals surface area contributed by atoms with Crippen LogP contribution in [0.25, 0.3) is 5.69 Å². The maximum Gasteiger partial charge on any atom is 0.191 e. The Hall–Kier alpha value is -2.42. The van der Waals surface area contributed by atoms with Crippen LogP contribution in [-0.4, -0.2) is 28.8 Å². The topological polar surface area (TPSA) is 54.2 Å². The molecular formula is C21H25FIN5. The lowest BCUT2D eigenvalue weighted by Crippen LogP contribution is -2.38. The van der Waals surface area contributed by atoms with Crippen molar-refractivity contribution >= 4 is 29.9 Å². The highest BCUT2D eigenvalue weighted by Gasteiger charge is 2.03. The van der Waals surface area contributed by atoms with Gasteiger partial charge in [0.1, 0.15) is 5.82 Å². The molecule has 148 valence electrons. The molecule has 2 N–H and O–H groups in total. The number of aromatic nitrogens is 2. The maximum atomic E-state index is 13.7. The molecule has 1 heterocycles. The molecule has 0 atom stereocenters. The first-order chi connectivity index (χ1) is 13.3. The van der Waals surface area contributed by atoms with Gasteiger partial charge in [-0.25, -0.2) is 14.1 Å². The molecule has 2 aromatic carbocycles. The monoisotopic (exact) mass is 493 g/mol. The van der Waals surface area contributed by atoms with Crippen LogP contribution >= 0.6 is 24.0 Å². The van der Waals surface area contributed by atoms with Crippen LogP contribution in [0.3, 0.4) is 0 Å². The molecule has 3 rings (SSSR count). The molecule has 1 aromatic heterocycles. The van der Waals surface area contributed by atoms with Gasteiger partial charge in [0.25, 0.3) is 0 Å². The SMILES string of the molecule is CCNC(=NCc1cccc(-n2cccn2)c1)NCCc1ccccc1F.I. The van der Waals surface area contributed by atoms with Crippen molar-refractivity contribution in [3.63, 3.8) is 0 Å². The van der Waals surface area contributed by atoms with E-state index in [1.54, 1.807) is 12.3 Å². The van der Waals surface area contributed by atoms with Gasteiger partial charge in [0.15, 0.2) is 5.96 Å². The van der Waals surface area contributed by atoms with Crippen LogP contribution in [0.4, 0.5) is 4.39 Å². The number of nitrogens with zero attached hydrogens (tertiary/aromatic N) is 3. The molecule has 0 bridgehead atoms. The van der Waals surface area contributed by atoms with Crippen LogP contribution in [-0.2, 0) is 13.0 Å². The third-order valence-corrected chi connectivity index (χ3v) is 4.09. The van der Waals surface area contributed by atoms with Gasteiger partial charge in [-0.05, 0) is 48.7 Å². The van der Waals surface area contributed by atoms with Gasteiger partial charge in [0.2, 0.25) is 0 Å². The lowest BCUT2D eigenvalue weighted by Gasteiger charge is -2.12. The molecule has 0 aliphatic rings. The van der Waals surface area contributed by atoms with Crippen molar-refractivity contribution in [3.05, 3.63) is 83.9 Å². The molecule has 28 heavy (non-hydrogen) atoms. The quantitative estimate of drug-likeness (QED) is 0.298. The van der Waals surface area contributed by atoms with E-state index in [1.165, 1.54) is 6.07 Å². The Balaban J connectivity index is 0.00000280. The van der Waals surface area contributed by atoms with Crippen LogP contribution in [0.15, 0.2) is 72.0 Å². The van der Waals surface area contributed by atoms with Crippen LogP contribution in [0, 0.1) is 5.82 Å². The largest absolute Gasteiger partial charge is 0.357 e. The summed E-state index contributed by atoms with van der Waals surface area (Å²) in [4.78, 5) is 4.63. The summed E-state index contributed by atoms with van der Waals surface area (Å²) in [6.07, 6.45) is 4.27. The number of hydrogen-bond donors (Lipinski definition) is 2. The highest BCUT2D eigenvalue weighted by Crippen LogP contribution is 2.10. The van der Waals surface area contributed by atoms with Gasteiger partial charge < -0.3 is 10.6 Å². The summed E-state index contributed by atoms with van der Waals surface area (Å²) in [6.45, 7) is 3.94. The molecule has 0 radical (unpaired) electrons. The predicted molar refractivity (Wildman–Crippen MR) is 122 cm³/mol. The smallest absolute Gasteiger partial charge is 0.191 e. The van der Waals surface area contributed by atoms with E-state index in [4.69, 9.17) is 0 Å². The van der Waals surface area contributed by atoms with Gasteiger partial charge in [-0.1, -0.05) is 30.3 Å². The van der Waals surface area contributed by atoms with Gasteiger partial charge in [0.05, 0.1) is 12.2 Å². The third-order valence-electron chi connectivity index (χ3n) is 4.09. The predicted octanol–water partition coefficient (Wildman–Crippen LogP) is 3.93. The molecule has 3 aromatic rings. The van der Waals surface area contributed by atoms with Crippen molar-refractivity contribution < 1.29 is 4.39 Å². The Labute approximate surface area is 182 Å². The lowest BCUT2D eigenvalue weighted by molar-refractivity contribution is 0.606. The molecule has 0 unspecified atom stereocenters.